The summed E-state index contributed by atoms with van der Waals surface area (Å²) in [6, 6.07) is 8.30. The molecule has 0 saturated carbocycles. The van der Waals surface area contributed by atoms with Gasteiger partial charge in [0.1, 0.15) is 0 Å². The number of hydrogen-bond donors (Lipinski definition) is 0. The Bertz CT molecular complexity index is 350. The summed E-state index contributed by atoms with van der Waals surface area (Å²) < 4.78 is 12.0. The lowest BCUT2D eigenvalue weighted by Crippen LogP contribution is -2.30. The van der Waals surface area contributed by atoms with Gasteiger partial charge >= 0.3 is 0 Å². The van der Waals surface area contributed by atoms with Crippen LogP contribution in [0, 0.1) is 6.92 Å². The fourth-order valence-electron chi connectivity index (χ4n) is 1.53. The molecule has 0 radical (unpaired) electrons. The van der Waals surface area contributed by atoms with Crippen molar-refractivity contribution in [3.05, 3.63) is 35.4 Å². The van der Waals surface area contributed by atoms with Crippen molar-refractivity contribution in [2.45, 2.75) is 66.0 Å². The summed E-state index contributed by atoms with van der Waals surface area (Å²) in [5, 5.41) is 0. The number of benzene rings is 1. The summed E-state index contributed by atoms with van der Waals surface area (Å²) in [5.41, 5.74) is 1.83. The molecule has 1 aromatic carbocycles. The third kappa shape index (κ3) is 5.65. The molecule has 0 saturated heterocycles. The van der Waals surface area contributed by atoms with Crippen molar-refractivity contribution < 1.29 is 9.47 Å². The fraction of sp³-hybridized carbons (Fsp3) is 0.625. The van der Waals surface area contributed by atoms with Crippen LogP contribution in [0.1, 0.15) is 59.0 Å². The van der Waals surface area contributed by atoms with E-state index in [1.165, 1.54) is 5.56 Å². The van der Waals surface area contributed by atoms with Gasteiger partial charge in [-0.15, -0.1) is 0 Å². The van der Waals surface area contributed by atoms with Gasteiger partial charge in [0.25, 0.3) is 0 Å². The van der Waals surface area contributed by atoms with E-state index < -0.39 is 0 Å². The maximum absolute atomic E-state index is 6.02. The molecule has 0 heterocycles. The molecule has 0 aliphatic rings. The summed E-state index contributed by atoms with van der Waals surface area (Å²) in [6.07, 6.45) is -0.328. The van der Waals surface area contributed by atoms with E-state index in [9.17, 15) is 0 Å². The lowest BCUT2D eigenvalue weighted by Gasteiger charge is -2.32. The molecular formula is C16H26O2. The van der Waals surface area contributed by atoms with Crippen molar-refractivity contribution in [3.8, 4) is 0 Å². The smallest absolute Gasteiger partial charge is 0.185 e. The molecule has 0 N–H and O–H groups in total. The molecular weight excluding hydrogens is 224 g/mol. The monoisotopic (exact) mass is 250 g/mol. The Morgan fingerprint density at radius 3 is 1.50 bits per heavy atom. The highest BCUT2D eigenvalue weighted by molar-refractivity contribution is 5.22. The van der Waals surface area contributed by atoms with E-state index in [4.69, 9.17) is 9.47 Å². The van der Waals surface area contributed by atoms with E-state index in [-0.39, 0.29) is 17.5 Å². The molecule has 0 aliphatic carbocycles. The van der Waals surface area contributed by atoms with Gasteiger partial charge < -0.3 is 9.47 Å². The van der Waals surface area contributed by atoms with Gasteiger partial charge in [-0.25, -0.2) is 0 Å². The molecule has 0 spiro atoms. The van der Waals surface area contributed by atoms with Gasteiger partial charge in [0.05, 0.1) is 11.2 Å². The van der Waals surface area contributed by atoms with E-state index in [1.54, 1.807) is 0 Å². The van der Waals surface area contributed by atoms with Gasteiger partial charge in [-0.1, -0.05) is 29.8 Å². The molecule has 0 fully saturated rings. The van der Waals surface area contributed by atoms with E-state index in [0.717, 1.165) is 5.56 Å². The quantitative estimate of drug-likeness (QED) is 0.728. The van der Waals surface area contributed by atoms with Crippen molar-refractivity contribution in [2.24, 2.45) is 0 Å². The minimum absolute atomic E-state index is 0.235. The van der Waals surface area contributed by atoms with Crippen molar-refractivity contribution >= 4 is 0 Å². The topological polar surface area (TPSA) is 18.5 Å². The van der Waals surface area contributed by atoms with Crippen LogP contribution in [0.4, 0.5) is 0 Å². The third-order valence-corrected chi connectivity index (χ3v) is 2.27. The van der Waals surface area contributed by atoms with Crippen LogP contribution in [0.2, 0.25) is 0 Å². The first-order valence-electron chi connectivity index (χ1n) is 6.49. The van der Waals surface area contributed by atoms with E-state index >= 15 is 0 Å². The second kappa shape index (κ2) is 5.41. The summed E-state index contributed by atoms with van der Waals surface area (Å²) in [6.45, 7) is 14.3. The Kier molecular flexibility index (Phi) is 4.57. The number of rotatable bonds is 3. The molecule has 102 valence electrons. The first kappa shape index (κ1) is 15.2. The van der Waals surface area contributed by atoms with Crippen molar-refractivity contribution in [2.75, 3.05) is 0 Å². The zero-order chi connectivity index (χ0) is 14.0. The van der Waals surface area contributed by atoms with E-state index in [0.29, 0.717) is 0 Å². The van der Waals surface area contributed by atoms with Crippen molar-refractivity contribution in [1.82, 2.24) is 0 Å². The summed E-state index contributed by atoms with van der Waals surface area (Å²) in [4.78, 5) is 0. The van der Waals surface area contributed by atoms with Gasteiger partial charge in [0, 0.05) is 5.56 Å². The third-order valence-electron chi connectivity index (χ3n) is 2.27. The van der Waals surface area contributed by atoms with Gasteiger partial charge in [-0.05, 0) is 48.5 Å². The van der Waals surface area contributed by atoms with E-state index in [1.807, 2.05) is 41.5 Å². The average Bonchev–Trinajstić information content (AvgIpc) is 2.13. The molecule has 0 unspecified atom stereocenters. The first-order valence-corrected chi connectivity index (χ1v) is 6.49. The van der Waals surface area contributed by atoms with Crippen LogP contribution in [0.3, 0.4) is 0 Å². The van der Waals surface area contributed by atoms with Gasteiger partial charge in [-0.2, -0.15) is 0 Å². The zero-order valence-electron chi connectivity index (χ0n) is 12.7. The first-order chi connectivity index (χ1) is 8.07. The number of ether oxygens (including phenoxy) is 2. The lowest BCUT2D eigenvalue weighted by atomic mass is 10.1. The van der Waals surface area contributed by atoms with Crippen LogP contribution in [0.5, 0.6) is 0 Å². The number of hydrogen-bond acceptors (Lipinski definition) is 2. The molecule has 0 bridgehead atoms. The standard InChI is InChI=1S/C16H26O2/c1-12-8-10-13(11-9-12)14(17-15(2,3)4)18-16(5,6)7/h8-11,14H,1-7H3. The molecule has 2 nitrogen and oxygen atoms in total. The Morgan fingerprint density at radius 2 is 1.17 bits per heavy atom. The van der Waals surface area contributed by atoms with Gasteiger partial charge in [0.2, 0.25) is 0 Å². The zero-order valence-corrected chi connectivity index (χ0v) is 12.7. The minimum Gasteiger partial charge on any atom is -0.343 e. The predicted octanol–water partition coefficient (Wildman–Crippen LogP) is 4.62. The number of aryl methyl sites for hydroxylation is 1. The van der Waals surface area contributed by atoms with Crippen LogP contribution in [-0.4, -0.2) is 11.2 Å². The average molecular weight is 250 g/mol. The molecule has 0 atom stereocenters. The van der Waals surface area contributed by atoms with E-state index in [2.05, 4.69) is 31.2 Å². The summed E-state index contributed by atoms with van der Waals surface area (Å²) in [7, 11) is 0. The highest BCUT2D eigenvalue weighted by Crippen LogP contribution is 2.29. The van der Waals surface area contributed by atoms with Crippen LogP contribution in [-0.2, 0) is 9.47 Å². The SMILES string of the molecule is Cc1ccc(C(OC(C)(C)C)OC(C)(C)C)cc1. The summed E-state index contributed by atoms with van der Waals surface area (Å²) in [5.74, 6) is 0. The van der Waals surface area contributed by atoms with Crippen molar-refractivity contribution in [3.63, 3.8) is 0 Å². The second-order valence-electron chi connectivity index (χ2n) is 6.70. The highest BCUT2D eigenvalue weighted by Gasteiger charge is 2.25. The molecule has 18 heavy (non-hydrogen) atoms. The Balaban J connectivity index is 2.93. The molecule has 0 aromatic heterocycles. The van der Waals surface area contributed by atoms with Crippen molar-refractivity contribution in [1.29, 1.82) is 0 Å². The van der Waals surface area contributed by atoms with Crippen LogP contribution < -0.4 is 0 Å². The Labute approximate surface area is 111 Å². The highest BCUT2D eigenvalue weighted by atomic mass is 16.7. The maximum atomic E-state index is 6.02. The Morgan fingerprint density at radius 1 is 0.778 bits per heavy atom. The van der Waals surface area contributed by atoms with Crippen LogP contribution >= 0.6 is 0 Å². The van der Waals surface area contributed by atoms with Crippen LogP contribution in [0.25, 0.3) is 0 Å². The molecule has 0 amide bonds. The van der Waals surface area contributed by atoms with Gasteiger partial charge in [-0.3, -0.25) is 0 Å². The molecule has 1 aromatic rings. The normalized spacial score (nSPS) is 13.1. The summed E-state index contributed by atoms with van der Waals surface area (Å²) >= 11 is 0. The fourth-order valence-corrected chi connectivity index (χ4v) is 1.53. The second-order valence-corrected chi connectivity index (χ2v) is 6.70. The Hall–Kier alpha value is -0.860. The van der Waals surface area contributed by atoms with Crippen LogP contribution in [0.15, 0.2) is 24.3 Å². The maximum Gasteiger partial charge on any atom is 0.185 e. The molecule has 1 rings (SSSR count). The predicted molar refractivity (Wildman–Crippen MR) is 75.6 cm³/mol. The largest absolute Gasteiger partial charge is 0.343 e. The molecule has 0 aliphatic heterocycles. The molecule has 2 heteroatoms. The lowest BCUT2D eigenvalue weighted by molar-refractivity contribution is -0.238. The van der Waals surface area contributed by atoms with Gasteiger partial charge in [0.15, 0.2) is 6.29 Å². The minimum atomic E-state index is -0.328.